The van der Waals surface area contributed by atoms with Crippen molar-refractivity contribution in [1.29, 1.82) is 0 Å². The highest BCUT2D eigenvalue weighted by atomic mass is 16.5. The van der Waals surface area contributed by atoms with Gasteiger partial charge in [0, 0.05) is 12.7 Å². The molecular formula is C11H14O4. The van der Waals surface area contributed by atoms with Gasteiger partial charge in [-0.25, -0.2) is 0 Å². The predicted molar refractivity (Wildman–Crippen MR) is 55.6 cm³/mol. The zero-order chi connectivity index (χ0) is 11.3. The Bertz CT molecular complexity index is 347. The summed E-state index contributed by atoms with van der Waals surface area (Å²) in [6, 6.07) is 3.45. The molecule has 1 aromatic carbocycles. The molecule has 4 heteroatoms. The smallest absolute Gasteiger partial charge is 0.154 e. The first-order valence-corrected chi connectivity index (χ1v) is 4.46. The van der Waals surface area contributed by atoms with Gasteiger partial charge >= 0.3 is 0 Å². The number of hydrogen-bond acceptors (Lipinski definition) is 4. The van der Waals surface area contributed by atoms with Gasteiger partial charge in [-0.2, -0.15) is 0 Å². The van der Waals surface area contributed by atoms with Crippen LogP contribution in [0, 0.1) is 0 Å². The lowest BCUT2D eigenvalue weighted by molar-refractivity contribution is 0.111. The lowest BCUT2D eigenvalue weighted by Gasteiger charge is -2.12. The number of ether oxygens (including phenoxy) is 3. The summed E-state index contributed by atoms with van der Waals surface area (Å²) in [6.45, 7) is 0.314. The Balaban J connectivity index is 3.30. The third-order valence-corrected chi connectivity index (χ3v) is 2.12. The van der Waals surface area contributed by atoms with Gasteiger partial charge in [0.2, 0.25) is 0 Å². The highest BCUT2D eigenvalue weighted by molar-refractivity contribution is 5.83. The van der Waals surface area contributed by atoms with Crippen molar-refractivity contribution in [2.75, 3.05) is 21.3 Å². The Hall–Kier alpha value is -1.55. The van der Waals surface area contributed by atoms with Gasteiger partial charge in [-0.3, -0.25) is 4.79 Å². The second kappa shape index (κ2) is 5.36. The Morgan fingerprint density at radius 3 is 2.20 bits per heavy atom. The molecule has 0 aliphatic carbocycles. The van der Waals surface area contributed by atoms with Crippen molar-refractivity contribution in [3.8, 4) is 11.5 Å². The fourth-order valence-corrected chi connectivity index (χ4v) is 1.41. The van der Waals surface area contributed by atoms with Gasteiger partial charge in [0.05, 0.1) is 26.4 Å². The van der Waals surface area contributed by atoms with Gasteiger partial charge in [0.25, 0.3) is 0 Å². The number of hydrogen-bond donors (Lipinski definition) is 0. The van der Waals surface area contributed by atoms with Crippen LogP contribution in [0.25, 0.3) is 0 Å². The van der Waals surface area contributed by atoms with Crippen LogP contribution in [0.2, 0.25) is 0 Å². The van der Waals surface area contributed by atoms with E-state index in [1.165, 1.54) is 7.11 Å². The van der Waals surface area contributed by atoms with Crippen molar-refractivity contribution in [3.63, 3.8) is 0 Å². The summed E-state index contributed by atoms with van der Waals surface area (Å²) in [7, 11) is 4.63. The molecule has 0 bridgehead atoms. The van der Waals surface area contributed by atoms with E-state index >= 15 is 0 Å². The van der Waals surface area contributed by atoms with E-state index < -0.39 is 0 Å². The standard InChI is InChI=1S/C11H14O4/c1-13-7-9-8(6-12)10(14-2)4-5-11(9)15-3/h4-6H,7H2,1-3H3. The van der Waals surface area contributed by atoms with E-state index in [0.29, 0.717) is 29.2 Å². The van der Waals surface area contributed by atoms with E-state index in [1.807, 2.05) is 0 Å². The number of carbonyl (C=O) groups excluding carboxylic acids is 1. The minimum absolute atomic E-state index is 0.314. The van der Waals surface area contributed by atoms with Crippen molar-refractivity contribution >= 4 is 6.29 Å². The molecule has 0 atom stereocenters. The summed E-state index contributed by atoms with van der Waals surface area (Å²) >= 11 is 0. The van der Waals surface area contributed by atoms with E-state index in [2.05, 4.69) is 0 Å². The van der Waals surface area contributed by atoms with Gasteiger partial charge in [-0.15, -0.1) is 0 Å². The molecule has 0 unspecified atom stereocenters. The predicted octanol–water partition coefficient (Wildman–Crippen LogP) is 1.66. The van der Waals surface area contributed by atoms with Gasteiger partial charge < -0.3 is 14.2 Å². The lowest BCUT2D eigenvalue weighted by Crippen LogP contribution is -2.01. The summed E-state index contributed by atoms with van der Waals surface area (Å²) in [5, 5.41) is 0. The molecule has 1 rings (SSSR count). The zero-order valence-electron chi connectivity index (χ0n) is 9.07. The van der Waals surface area contributed by atoms with Gasteiger partial charge in [-0.05, 0) is 12.1 Å². The molecule has 1 aromatic rings. The molecule has 0 saturated carbocycles. The third kappa shape index (κ3) is 2.27. The van der Waals surface area contributed by atoms with Crippen LogP contribution in [0.4, 0.5) is 0 Å². The lowest BCUT2D eigenvalue weighted by atomic mass is 10.1. The van der Waals surface area contributed by atoms with Crippen LogP contribution < -0.4 is 9.47 Å². The SMILES string of the molecule is COCc1c(OC)ccc(OC)c1C=O. The molecule has 15 heavy (non-hydrogen) atoms. The summed E-state index contributed by atoms with van der Waals surface area (Å²) in [4.78, 5) is 11.0. The van der Waals surface area contributed by atoms with Crippen molar-refractivity contribution in [3.05, 3.63) is 23.3 Å². The highest BCUT2D eigenvalue weighted by Crippen LogP contribution is 2.29. The third-order valence-electron chi connectivity index (χ3n) is 2.12. The van der Waals surface area contributed by atoms with Gasteiger partial charge in [0.15, 0.2) is 6.29 Å². The average Bonchev–Trinajstić information content (AvgIpc) is 2.28. The van der Waals surface area contributed by atoms with E-state index in [9.17, 15) is 4.79 Å². The maximum Gasteiger partial charge on any atom is 0.154 e. The first-order valence-electron chi connectivity index (χ1n) is 4.46. The van der Waals surface area contributed by atoms with Crippen molar-refractivity contribution in [2.45, 2.75) is 6.61 Å². The van der Waals surface area contributed by atoms with Gasteiger partial charge in [-0.1, -0.05) is 0 Å². The largest absolute Gasteiger partial charge is 0.496 e. The molecule has 82 valence electrons. The molecule has 0 aliphatic heterocycles. The first-order chi connectivity index (χ1) is 7.28. The summed E-state index contributed by atoms with van der Waals surface area (Å²) in [5.74, 6) is 1.15. The fraction of sp³-hybridized carbons (Fsp3) is 0.364. The van der Waals surface area contributed by atoms with Gasteiger partial charge in [0.1, 0.15) is 11.5 Å². The zero-order valence-corrected chi connectivity index (χ0v) is 9.07. The van der Waals surface area contributed by atoms with Crippen LogP contribution in [-0.2, 0) is 11.3 Å². The Morgan fingerprint density at radius 1 is 1.13 bits per heavy atom. The normalized spacial score (nSPS) is 9.80. The number of methoxy groups -OCH3 is 3. The summed E-state index contributed by atoms with van der Waals surface area (Å²) in [6.07, 6.45) is 0.746. The van der Waals surface area contributed by atoms with Crippen LogP contribution in [0.5, 0.6) is 11.5 Å². The molecule has 0 amide bonds. The molecule has 0 N–H and O–H groups in total. The monoisotopic (exact) mass is 210 g/mol. The number of benzene rings is 1. The second-order valence-corrected chi connectivity index (χ2v) is 2.91. The number of carbonyl (C=O) groups is 1. The summed E-state index contributed by atoms with van der Waals surface area (Å²) < 4.78 is 15.2. The Labute approximate surface area is 88.8 Å². The first kappa shape index (κ1) is 11.5. The number of aldehydes is 1. The second-order valence-electron chi connectivity index (χ2n) is 2.91. The van der Waals surface area contributed by atoms with E-state index in [4.69, 9.17) is 14.2 Å². The van der Waals surface area contributed by atoms with Crippen molar-refractivity contribution in [1.82, 2.24) is 0 Å². The molecular weight excluding hydrogens is 196 g/mol. The van der Waals surface area contributed by atoms with E-state index in [0.717, 1.165) is 6.29 Å². The fourth-order valence-electron chi connectivity index (χ4n) is 1.41. The molecule has 0 aromatic heterocycles. The van der Waals surface area contributed by atoms with Crippen LogP contribution in [0.15, 0.2) is 12.1 Å². The van der Waals surface area contributed by atoms with Crippen LogP contribution in [0.3, 0.4) is 0 Å². The minimum atomic E-state index is 0.314. The Kier molecular flexibility index (Phi) is 4.12. The maximum absolute atomic E-state index is 11.0. The van der Waals surface area contributed by atoms with Crippen molar-refractivity contribution in [2.24, 2.45) is 0 Å². The summed E-state index contributed by atoms with van der Waals surface area (Å²) in [5.41, 5.74) is 1.17. The topological polar surface area (TPSA) is 44.8 Å². The quantitative estimate of drug-likeness (QED) is 0.693. The molecule has 0 saturated heterocycles. The molecule has 0 spiro atoms. The molecule has 0 fully saturated rings. The van der Waals surface area contributed by atoms with E-state index in [-0.39, 0.29) is 0 Å². The van der Waals surface area contributed by atoms with E-state index in [1.54, 1.807) is 26.4 Å². The number of rotatable bonds is 5. The highest BCUT2D eigenvalue weighted by Gasteiger charge is 2.13. The van der Waals surface area contributed by atoms with Crippen LogP contribution >= 0.6 is 0 Å². The maximum atomic E-state index is 11.0. The molecule has 0 radical (unpaired) electrons. The Morgan fingerprint density at radius 2 is 1.73 bits per heavy atom. The molecule has 4 nitrogen and oxygen atoms in total. The average molecular weight is 210 g/mol. The van der Waals surface area contributed by atoms with Crippen LogP contribution in [-0.4, -0.2) is 27.6 Å². The molecule has 0 aliphatic rings. The van der Waals surface area contributed by atoms with Crippen LogP contribution in [0.1, 0.15) is 15.9 Å². The van der Waals surface area contributed by atoms with Crippen molar-refractivity contribution < 1.29 is 19.0 Å². The molecule has 0 heterocycles. The minimum Gasteiger partial charge on any atom is -0.496 e.